The van der Waals surface area contributed by atoms with Crippen molar-refractivity contribution < 1.29 is 0 Å². The van der Waals surface area contributed by atoms with Gasteiger partial charge in [0.25, 0.3) is 0 Å². The van der Waals surface area contributed by atoms with Gasteiger partial charge in [-0.2, -0.15) is 0 Å². The minimum Gasteiger partial charge on any atom is -0.308 e. The molecule has 1 N–H and O–H groups in total. The first-order valence-corrected chi connectivity index (χ1v) is 6.97. The van der Waals surface area contributed by atoms with Gasteiger partial charge in [0.05, 0.1) is 11.7 Å². The summed E-state index contributed by atoms with van der Waals surface area (Å²) in [5.41, 5.74) is 2.56. The van der Waals surface area contributed by atoms with E-state index in [9.17, 15) is 0 Å². The molecule has 1 saturated carbocycles. The molecule has 0 saturated heterocycles. The Morgan fingerprint density at radius 2 is 2.18 bits per heavy atom. The molecule has 1 aromatic rings. The number of nitrogens with zero attached hydrogens (tertiary/aromatic N) is 1. The molecule has 0 spiro atoms. The predicted octanol–water partition coefficient (Wildman–Crippen LogP) is 3.62. The molecule has 1 aromatic heterocycles. The summed E-state index contributed by atoms with van der Waals surface area (Å²) in [5.74, 6) is 0.788. The molecule has 17 heavy (non-hydrogen) atoms. The molecule has 1 heterocycles. The van der Waals surface area contributed by atoms with Gasteiger partial charge in [-0.05, 0) is 56.3 Å². The van der Waals surface area contributed by atoms with Crippen LogP contribution in [0.2, 0.25) is 0 Å². The molecular weight excluding hydrogens is 208 g/mol. The molecule has 1 unspecified atom stereocenters. The van der Waals surface area contributed by atoms with Crippen molar-refractivity contribution in [3.05, 3.63) is 29.6 Å². The zero-order valence-electron chi connectivity index (χ0n) is 11.1. The third-order valence-corrected chi connectivity index (χ3v) is 3.74. The number of nitrogens with one attached hydrogen (secondary N) is 1. The number of hydrogen-bond acceptors (Lipinski definition) is 2. The highest BCUT2D eigenvalue weighted by Crippen LogP contribution is 2.35. The second-order valence-corrected chi connectivity index (χ2v) is 5.23. The summed E-state index contributed by atoms with van der Waals surface area (Å²) < 4.78 is 0. The Hall–Kier alpha value is -0.890. The zero-order valence-corrected chi connectivity index (χ0v) is 11.1. The van der Waals surface area contributed by atoms with Crippen molar-refractivity contribution in [1.29, 1.82) is 0 Å². The molecule has 0 bridgehead atoms. The smallest absolute Gasteiger partial charge is 0.0578 e. The monoisotopic (exact) mass is 232 g/mol. The third kappa shape index (κ3) is 3.29. The minimum absolute atomic E-state index is 0.470. The van der Waals surface area contributed by atoms with E-state index in [1.807, 2.05) is 6.20 Å². The number of hydrogen-bond donors (Lipinski definition) is 1. The van der Waals surface area contributed by atoms with Gasteiger partial charge in [0.1, 0.15) is 0 Å². The first-order chi connectivity index (χ1) is 8.31. The van der Waals surface area contributed by atoms with Gasteiger partial charge in [0.15, 0.2) is 0 Å². The fraction of sp³-hybridized carbons (Fsp3) is 0.667. The fourth-order valence-electron chi connectivity index (χ4n) is 2.83. The van der Waals surface area contributed by atoms with Crippen LogP contribution in [0.25, 0.3) is 0 Å². The molecular formula is C15H24N2. The quantitative estimate of drug-likeness (QED) is 0.838. The summed E-state index contributed by atoms with van der Waals surface area (Å²) in [6.45, 7) is 5.47. The van der Waals surface area contributed by atoms with E-state index in [1.54, 1.807) is 0 Å². The van der Waals surface area contributed by atoms with Crippen molar-refractivity contribution in [2.24, 2.45) is 5.92 Å². The molecule has 94 valence electrons. The van der Waals surface area contributed by atoms with Crippen molar-refractivity contribution in [2.45, 2.75) is 52.0 Å². The Labute approximate surface area is 105 Å². The molecule has 0 amide bonds. The summed E-state index contributed by atoms with van der Waals surface area (Å²) in [7, 11) is 0. The van der Waals surface area contributed by atoms with Crippen molar-refractivity contribution in [2.75, 3.05) is 6.54 Å². The van der Waals surface area contributed by atoms with Gasteiger partial charge in [-0.25, -0.2) is 0 Å². The summed E-state index contributed by atoms with van der Waals surface area (Å²) in [6, 6.07) is 4.79. The van der Waals surface area contributed by atoms with Gasteiger partial charge >= 0.3 is 0 Å². The Morgan fingerprint density at radius 3 is 2.82 bits per heavy atom. The van der Waals surface area contributed by atoms with Crippen LogP contribution in [0.4, 0.5) is 0 Å². The maximum absolute atomic E-state index is 4.57. The molecule has 1 aliphatic rings. The SMILES string of the molecule is CCCNC(c1cc(C)ccn1)C1CCCC1. The van der Waals surface area contributed by atoms with Crippen molar-refractivity contribution >= 4 is 0 Å². The Kier molecular flexibility index (Phi) is 4.55. The van der Waals surface area contributed by atoms with Crippen molar-refractivity contribution in [3.8, 4) is 0 Å². The molecule has 2 nitrogen and oxygen atoms in total. The van der Waals surface area contributed by atoms with E-state index >= 15 is 0 Å². The summed E-state index contributed by atoms with van der Waals surface area (Å²) >= 11 is 0. The van der Waals surface area contributed by atoms with Crippen LogP contribution in [0.1, 0.15) is 56.3 Å². The fourth-order valence-corrected chi connectivity index (χ4v) is 2.83. The first-order valence-electron chi connectivity index (χ1n) is 6.97. The average molecular weight is 232 g/mol. The molecule has 1 aliphatic carbocycles. The summed E-state index contributed by atoms with van der Waals surface area (Å²) in [5, 5.41) is 3.69. The van der Waals surface area contributed by atoms with Crippen LogP contribution in [0, 0.1) is 12.8 Å². The Balaban J connectivity index is 2.13. The van der Waals surface area contributed by atoms with E-state index in [1.165, 1.54) is 43.4 Å². The molecule has 1 atom stereocenters. The van der Waals surface area contributed by atoms with Crippen LogP contribution in [-0.2, 0) is 0 Å². The number of rotatable bonds is 5. The van der Waals surface area contributed by atoms with Crippen LogP contribution in [-0.4, -0.2) is 11.5 Å². The topological polar surface area (TPSA) is 24.9 Å². The van der Waals surface area contributed by atoms with Crippen molar-refractivity contribution in [1.82, 2.24) is 10.3 Å². The third-order valence-electron chi connectivity index (χ3n) is 3.74. The van der Waals surface area contributed by atoms with Gasteiger partial charge in [-0.3, -0.25) is 4.98 Å². The lowest BCUT2D eigenvalue weighted by Gasteiger charge is -2.24. The average Bonchev–Trinajstić information content (AvgIpc) is 2.83. The highest BCUT2D eigenvalue weighted by Gasteiger charge is 2.26. The van der Waals surface area contributed by atoms with Crippen LogP contribution in [0.3, 0.4) is 0 Å². The van der Waals surface area contributed by atoms with Gasteiger partial charge in [-0.15, -0.1) is 0 Å². The molecule has 0 radical (unpaired) electrons. The zero-order chi connectivity index (χ0) is 12.1. The van der Waals surface area contributed by atoms with Gasteiger partial charge < -0.3 is 5.32 Å². The van der Waals surface area contributed by atoms with Crippen LogP contribution >= 0.6 is 0 Å². The maximum Gasteiger partial charge on any atom is 0.0578 e. The lowest BCUT2D eigenvalue weighted by Crippen LogP contribution is -2.28. The predicted molar refractivity (Wildman–Crippen MR) is 72.0 cm³/mol. The minimum atomic E-state index is 0.470. The van der Waals surface area contributed by atoms with Gasteiger partial charge in [-0.1, -0.05) is 19.8 Å². The highest BCUT2D eigenvalue weighted by molar-refractivity contribution is 5.18. The number of aryl methyl sites for hydroxylation is 1. The number of aromatic nitrogens is 1. The van der Waals surface area contributed by atoms with Crippen LogP contribution in [0.5, 0.6) is 0 Å². The summed E-state index contributed by atoms with van der Waals surface area (Å²) in [6.07, 6.45) is 8.63. The molecule has 0 aliphatic heterocycles. The second kappa shape index (κ2) is 6.15. The van der Waals surface area contributed by atoms with Crippen molar-refractivity contribution in [3.63, 3.8) is 0 Å². The van der Waals surface area contributed by atoms with E-state index < -0.39 is 0 Å². The van der Waals surface area contributed by atoms with E-state index in [2.05, 4.69) is 36.3 Å². The van der Waals surface area contributed by atoms with E-state index in [0.717, 1.165) is 12.5 Å². The Bertz CT molecular complexity index is 343. The van der Waals surface area contributed by atoms with E-state index in [4.69, 9.17) is 0 Å². The standard InChI is InChI=1S/C15H24N2/c1-3-9-17-15(13-6-4-5-7-13)14-11-12(2)8-10-16-14/h8,10-11,13,15,17H,3-7,9H2,1-2H3. The maximum atomic E-state index is 4.57. The largest absolute Gasteiger partial charge is 0.308 e. The molecule has 2 rings (SSSR count). The highest BCUT2D eigenvalue weighted by atomic mass is 14.9. The first kappa shape index (κ1) is 12.6. The Morgan fingerprint density at radius 1 is 1.41 bits per heavy atom. The lowest BCUT2D eigenvalue weighted by molar-refractivity contribution is 0.361. The van der Waals surface area contributed by atoms with E-state index in [0.29, 0.717) is 6.04 Å². The van der Waals surface area contributed by atoms with Gasteiger partial charge in [0, 0.05) is 6.20 Å². The second-order valence-electron chi connectivity index (χ2n) is 5.23. The van der Waals surface area contributed by atoms with Gasteiger partial charge in [0.2, 0.25) is 0 Å². The summed E-state index contributed by atoms with van der Waals surface area (Å²) in [4.78, 5) is 4.57. The van der Waals surface area contributed by atoms with Crippen LogP contribution in [0.15, 0.2) is 18.3 Å². The number of pyridine rings is 1. The molecule has 1 fully saturated rings. The van der Waals surface area contributed by atoms with E-state index in [-0.39, 0.29) is 0 Å². The lowest BCUT2D eigenvalue weighted by atomic mass is 9.94. The normalized spacial score (nSPS) is 18.5. The van der Waals surface area contributed by atoms with Crippen LogP contribution < -0.4 is 5.32 Å². The molecule has 0 aromatic carbocycles. The molecule has 2 heteroatoms.